The third-order valence-corrected chi connectivity index (χ3v) is 6.00. The standard InChI is InChI=1S/C17H20N2S/c18-14-6-3-7-15-16(14)19-17(20-15)13-9-8-11-4-1-2-5-12(11)10-13/h1-2,4-5,13-14H,3,6-10,18H2. The summed E-state index contributed by atoms with van der Waals surface area (Å²) in [7, 11) is 0. The molecule has 0 aliphatic heterocycles. The van der Waals surface area contributed by atoms with Gasteiger partial charge in [-0.3, -0.25) is 0 Å². The number of aryl methyl sites for hydroxylation is 2. The Hall–Kier alpha value is -1.19. The molecule has 1 aromatic carbocycles. The van der Waals surface area contributed by atoms with Crippen molar-refractivity contribution in [1.29, 1.82) is 0 Å². The Labute approximate surface area is 124 Å². The molecule has 4 rings (SSSR count). The van der Waals surface area contributed by atoms with Crippen molar-refractivity contribution < 1.29 is 0 Å². The number of thiazole rings is 1. The van der Waals surface area contributed by atoms with Gasteiger partial charge in [0.25, 0.3) is 0 Å². The lowest BCUT2D eigenvalue weighted by molar-refractivity contribution is 0.550. The smallest absolute Gasteiger partial charge is 0.0966 e. The fourth-order valence-electron chi connectivity index (χ4n) is 3.55. The van der Waals surface area contributed by atoms with Crippen LogP contribution in [0.15, 0.2) is 24.3 Å². The van der Waals surface area contributed by atoms with Crippen LogP contribution in [0, 0.1) is 0 Å². The highest BCUT2D eigenvalue weighted by atomic mass is 32.1. The number of nitrogens with two attached hydrogens (primary N) is 1. The SMILES string of the molecule is NC1CCCc2sc(C3CCc4ccccc4C3)nc21. The summed E-state index contributed by atoms with van der Waals surface area (Å²) in [6, 6.07) is 9.04. The summed E-state index contributed by atoms with van der Waals surface area (Å²) < 4.78 is 0. The molecule has 2 unspecified atom stereocenters. The highest BCUT2D eigenvalue weighted by Crippen LogP contribution is 2.39. The first kappa shape index (κ1) is 12.5. The van der Waals surface area contributed by atoms with Crippen LogP contribution in [0.2, 0.25) is 0 Å². The topological polar surface area (TPSA) is 38.9 Å². The van der Waals surface area contributed by atoms with Crippen molar-refractivity contribution in [3.8, 4) is 0 Å². The second-order valence-electron chi connectivity index (χ2n) is 6.07. The molecule has 2 nitrogen and oxygen atoms in total. The normalized spacial score (nSPS) is 25.1. The molecule has 0 saturated carbocycles. The Morgan fingerprint density at radius 2 is 1.95 bits per heavy atom. The summed E-state index contributed by atoms with van der Waals surface area (Å²) in [5, 5.41) is 1.34. The molecule has 2 atom stereocenters. The molecule has 0 saturated heterocycles. The van der Waals surface area contributed by atoms with E-state index >= 15 is 0 Å². The molecule has 1 aromatic heterocycles. The summed E-state index contributed by atoms with van der Waals surface area (Å²) >= 11 is 1.93. The molecule has 0 fully saturated rings. The molecule has 104 valence electrons. The minimum Gasteiger partial charge on any atom is -0.323 e. The Kier molecular flexibility index (Phi) is 3.12. The van der Waals surface area contributed by atoms with Crippen LogP contribution in [-0.4, -0.2) is 4.98 Å². The third-order valence-electron chi connectivity index (χ3n) is 4.71. The molecule has 0 amide bonds. The number of fused-ring (bicyclic) bond motifs is 2. The molecule has 0 spiro atoms. The Balaban J connectivity index is 1.63. The zero-order valence-corrected chi connectivity index (χ0v) is 12.5. The maximum atomic E-state index is 6.21. The van der Waals surface area contributed by atoms with Gasteiger partial charge in [-0.1, -0.05) is 24.3 Å². The summed E-state index contributed by atoms with van der Waals surface area (Å²) in [5.41, 5.74) is 10.5. The lowest BCUT2D eigenvalue weighted by Gasteiger charge is -2.22. The summed E-state index contributed by atoms with van der Waals surface area (Å²) in [5.74, 6) is 0.604. The van der Waals surface area contributed by atoms with E-state index in [9.17, 15) is 0 Å². The Morgan fingerprint density at radius 3 is 2.80 bits per heavy atom. The zero-order valence-electron chi connectivity index (χ0n) is 11.6. The van der Waals surface area contributed by atoms with Crippen LogP contribution >= 0.6 is 11.3 Å². The van der Waals surface area contributed by atoms with Crippen LogP contribution in [0.4, 0.5) is 0 Å². The van der Waals surface area contributed by atoms with Crippen LogP contribution in [0.25, 0.3) is 0 Å². The average Bonchev–Trinajstić information content (AvgIpc) is 2.92. The fourth-order valence-corrected chi connectivity index (χ4v) is 4.87. The molecule has 0 bridgehead atoms. The van der Waals surface area contributed by atoms with Crippen molar-refractivity contribution in [3.63, 3.8) is 0 Å². The van der Waals surface area contributed by atoms with Crippen LogP contribution < -0.4 is 5.73 Å². The highest BCUT2D eigenvalue weighted by Gasteiger charge is 2.27. The van der Waals surface area contributed by atoms with Crippen molar-refractivity contribution in [3.05, 3.63) is 51.0 Å². The number of hydrogen-bond donors (Lipinski definition) is 1. The van der Waals surface area contributed by atoms with Gasteiger partial charge in [-0.25, -0.2) is 4.98 Å². The molecule has 2 aromatic rings. The van der Waals surface area contributed by atoms with E-state index in [1.54, 1.807) is 0 Å². The molecule has 20 heavy (non-hydrogen) atoms. The van der Waals surface area contributed by atoms with E-state index in [2.05, 4.69) is 24.3 Å². The van der Waals surface area contributed by atoms with Crippen molar-refractivity contribution >= 4 is 11.3 Å². The van der Waals surface area contributed by atoms with Crippen molar-refractivity contribution in [2.45, 2.75) is 50.5 Å². The Bertz CT molecular complexity index is 632. The average molecular weight is 284 g/mol. The van der Waals surface area contributed by atoms with Crippen molar-refractivity contribution in [1.82, 2.24) is 4.98 Å². The van der Waals surface area contributed by atoms with E-state index in [4.69, 9.17) is 10.7 Å². The second kappa shape index (κ2) is 4.97. The number of hydrogen-bond acceptors (Lipinski definition) is 3. The van der Waals surface area contributed by atoms with Gasteiger partial charge >= 0.3 is 0 Å². The molecule has 0 radical (unpaired) electrons. The van der Waals surface area contributed by atoms with Gasteiger partial charge in [0, 0.05) is 16.8 Å². The minimum absolute atomic E-state index is 0.180. The predicted octanol–water partition coefficient (Wildman–Crippen LogP) is 3.75. The molecule has 3 heteroatoms. The van der Waals surface area contributed by atoms with Gasteiger partial charge < -0.3 is 5.73 Å². The number of benzene rings is 1. The first-order valence-corrected chi connectivity index (χ1v) is 8.45. The van der Waals surface area contributed by atoms with Crippen LogP contribution in [-0.2, 0) is 19.3 Å². The quantitative estimate of drug-likeness (QED) is 0.866. The Morgan fingerprint density at radius 1 is 1.10 bits per heavy atom. The maximum absolute atomic E-state index is 6.21. The van der Waals surface area contributed by atoms with Gasteiger partial charge in [0.2, 0.25) is 0 Å². The van der Waals surface area contributed by atoms with E-state index in [1.807, 2.05) is 11.3 Å². The van der Waals surface area contributed by atoms with Gasteiger partial charge in [0.1, 0.15) is 0 Å². The molecule has 2 aliphatic carbocycles. The monoisotopic (exact) mass is 284 g/mol. The maximum Gasteiger partial charge on any atom is 0.0966 e. The van der Waals surface area contributed by atoms with Gasteiger partial charge in [0.15, 0.2) is 0 Å². The van der Waals surface area contributed by atoms with Crippen molar-refractivity contribution in [2.75, 3.05) is 0 Å². The van der Waals surface area contributed by atoms with E-state index in [0.29, 0.717) is 5.92 Å². The lowest BCUT2D eigenvalue weighted by Crippen LogP contribution is -2.17. The fraction of sp³-hybridized carbons (Fsp3) is 0.471. The predicted molar refractivity (Wildman–Crippen MR) is 83.2 cm³/mol. The number of rotatable bonds is 1. The minimum atomic E-state index is 0.180. The van der Waals surface area contributed by atoms with Crippen molar-refractivity contribution in [2.24, 2.45) is 5.73 Å². The summed E-state index contributed by atoms with van der Waals surface area (Å²) in [6.45, 7) is 0. The highest BCUT2D eigenvalue weighted by molar-refractivity contribution is 7.11. The van der Waals surface area contributed by atoms with E-state index in [1.165, 1.54) is 52.4 Å². The van der Waals surface area contributed by atoms with Gasteiger partial charge in [-0.05, 0) is 49.7 Å². The van der Waals surface area contributed by atoms with Gasteiger partial charge in [-0.2, -0.15) is 0 Å². The van der Waals surface area contributed by atoms with E-state index < -0.39 is 0 Å². The largest absolute Gasteiger partial charge is 0.323 e. The summed E-state index contributed by atoms with van der Waals surface area (Å²) in [4.78, 5) is 6.38. The third kappa shape index (κ3) is 2.09. The number of nitrogens with zero attached hydrogens (tertiary/aromatic N) is 1. The lowest BCUT2D eigenvalue weighted by atomic mass is 9.84. The van der Waals surface area contributed by atoms with Crippen LogP contribution in [0.1, 0.15) is 57.9 Å². The first-order chi connectivity index (χ1) is 9.81. The molecule has 2 aliphatic rings. The van der Waals surface area contributed by atoms with Crippen LogP contribution in [0.5, 0.6) is 0 Å². The molecule has 2 N–H and O–H groups in total. The zero-order chi connectivity index (χ0) is 13.5. The molecular weight excluding hydrogens is 264 g/mol. The number of aromatic nitrogens is 1. The second-order valence-corrected chi connectivity index (χ2v) is 7.18. The molecular formula is C17H20N2S. The first-order valence-electron chi connectivity index (χ1n) is 7.63. The van der Waals surface area contributed by atoms with E-state index in [-0.39, 0.29) is 6.04 Å². The molecule has 1 heterocycles. The summed E-state index contributed by atoms with van der Waals surface area (Å²) in [6.07, 6.45) is 7.09. The van der Waals surface area contributed by atoms with E-state index in [0.717, 1.165) is 12.8 Å². The van der Waals surface area contributed by atoms with Crippen LogP contribution in [0.3, 0.4) is 0 Å². The van der Waals surface area contributed by atoms with Gasteiger partial charge in [-0.15, -0.1) is 11.3 Å². The van der Waals surface area contributed by atoms with Gasteiger partial charge in [0.05, 0.1) is 10.7 Å².